The van der Waals surface area contributed by atoms with E-state index >= 15 is 0 Å². The quantitative estimate of drug-likeness (QED) is 0.934. The summed E-state index contributed by atoms with van der Waals surface area (Å²) >= 11 is 12.0. The largest absolute Gasteiger partial charge is 0.481 e. The molecule has 0 bridgehead atoms. The lowest BCUT2D eigenvalue weighted by Gasteiger charge is -2.31. The van der Waals surface area contributed by atoms with Gasteiger partial charge in [-0.25, -0.2) is 0 Å². The van der Waals surface area contributed by atoms with Crippen molar-refractivity contribution in [2.24, 2.45) is 5.92 Å². The molecule has 0 spiro atoms. The molecule has 1 N–H and O–H groups in total. The van der Waals surface area contributed by atoms with Crippen molar-refractivity contribution < 1.29 is 14.7 Å². The molecular formula is C13H13Cl2NO3. The number of amides is 1. The van der Waals surface area contributed by atoms with Crippen molar-refractivity contribution in [2.45, 2.75) is 19.4 Å². The van der Waals surface area contributed by atoms with Gasteiger partial charge < -0.3 is 10.0 Å². The average Bonchev–Trinajstić information content (AvgIpc) is 2.37. The number of nitrogens with zero attached hydrogens (tertiary/aromatic N) is 1. The number of likely N-dealkylation sites (tertiary alicyclic amines) is 1. The van der Waals surface area contributed by atoms with Gasteiger partial charge in [-0.1, -0.05) is 35.3 Å². The number of carboxylic acid groups (broad SMARTS) is 1. The number of halogens is 2. The predicted molar refractivity (Wildman–Crippen MR) is 72.2 cm³/mol. The van der Waals surface area contributed by atoms with Crippen LogP contribution in [-0.4, -0.2) is 28.4 Å². The van der Waals surface area contributed by atoms with Gasteiger partial charge in [0.15, 0.2) is 0 Å². The van der Waals surface area contributed by atoms with Gasteiger partial charge in [0.2, 0.25) is 5.91 Å². The first-order chi connectivity index (χ1) is 8.99. The van der Waals surface area contributed by atoms with E-state index < -0.39 is 11.9 Å². The van der Waals surface area contributed by atoms with E-state index in [4.69, 9.17) is 28.3 Å². The monoisotopic (exact) mass is 301 g/mol. The molecule has 1 saturated heterocycles. The maximum Gasteiger partial charge on any atom is 0.308 e. The number of carbonyl (C=O) groups is 2. The smallest absolute Gasteiger partial charge is 0.308 e. The molecule has 0 aliphatic carbocycles. The standard InChI is InChI=1S/C13H13Cl2NO3/c14-10-3-1-2-8(12(10)15)6-16-7-9(13(18)19)4-5-11(16)17/h1-3,9H,4-7H2,(H,18,19). The molecule has 102 valence electrons. The summed E-state index contributed by atoms with van der Waals surface area (Å²) in [5.41, 5.74) is 0.730. The third kappa shape index (κ3) is 3.19. The van der Waals surface area contributed by atoms with Crippen molar-refractivity contribution in [1.82, 2.24) is 4.90 Å². The van der Waals surface area contributed by atoms with Crippen molar-refractivity contribution in [3.8, 4) is 0 Å². The molecule has 1 aliphatic heterocycles. The average molecular weight is 302 g/mol. The van der Waals surface area contributed by atoms with E-state index in [0.29, 0.717) is 23.0 Å². The van der Waals surface area contributed by atoms with Crippen molar-refractivity contribution >= 4 is 35.1 Å². The highest BCUT2D eigenvalue weighted by atomic mass is 35.5. The van der Waals surface area contributed by atoms with Gasteiger partial charge in [-0.2, -0.15) is 0 Å². The molecule has 1 aromatic rings. The zero-order valence-electron chi connectivity index (χ0n) is 10.1. The third-order valence-electron chi connectivity index (χ3n) is 3.24. The summed E-state index contributed by atoms with van der Waals surface area (Å²) in [6.45, 7) is 0.513. The highest BCUT2D eigenvalue weighted by molar-refractivity contribution is 6.42. The minimum absolute atomic E-state index is 0.0476. The first-order valence-electron chi connectivity index (χ1n) is 5.92. The Kier molecular flexibility index (Phi) is 4.32. The van der Waals surface area contributed by atoms with Gasteiger partial charge >= 0.3 is 5.97 Å². The van der Waals surface area contributed by atoms with Gasteiger partial charge in [0.1, 0.15) is 0 Å². The lowest BCUT2D eigenvalue weighted by Crippen LogP contribution is -2.42. The number of piperidine rings is 1. The van der Waals surface area contributed by atoms with Crippen LogP contribution >= 0.6 is 23.2 Å². The summed E-state index contributed by atoms with van der Waals surface area (Å²) in [5.74, 6) is -1.42. The maximum absolute atomic E-state index is 11.8. The lowest BCUT2D eigenvalue weighted by molar-refractivity contribution is -0.147. The van der Waals surface area contributed by atoms with Crippen LogP contribution in [0.5, 0.6) is 0 Å². The van der Waals surface area contributed by atoms with Gasteiger partial charge in [-0.3, -0.25) is 9.59 Å². The van der Waals surface area contributed by atoms with Crippen LogP contribution in [0.4, 0.5) is 0 Å². The second-order valence-electron chi connectivity index (χ2n) is 4.56. The van der Waals surface area contributed by atoms with Crippen molar-refractivity contribution in [3.05, 3.63) is 33.8 Å². The van der Waals surface area contributed by atoms with E-state index in [2.05, 4.69) is 0 Å². The number of aliphatic carboxylic acids is 1. The normalized spacial score (nSPS) is 19.6. The van der Waals surface area contributed by atoms with Gasteiger partial charge in [-0.15, -0.1) is 0 Å². The number of hydrogen-bond acceptors (Lipinski definition) is 2. The molecule has 1 heterocycles. The molecule has 4 nitrogen and oxygen atoms in total. The number of rotatable bonds is 3. The first-order valence-corrected chi connectivity index (χ1v) is 6.68. The molecule has 0 radical (unpaired) electrons. The molecule has 19 heavy (non-hydrogen) atoms. The summed E-state index contributed by atoms with van der Waals surface area (Å²) in [6.07, 6.45) is 0.656. The fourth-order valence-corrected chi connectivity index (χ4v) is 2.53. The number of carboxylic acids is 1. The molecule has 1 atom stereocenters. The zero-order valence-corrected chi connectivity index (χ0v) is 11.6. The van der Waals surface area contributed by atoms with Crippen LogP contribution < -0.4 is 0 Å². The minimum Gasteiger partial charge on any atom is -0.481 e. The molecule has 1 fully saturated rings. The molecule has 6 heteroatoms. The van der Waals surface area contributed by atoms with E-state index in [1.165, 1.54) is 4.90 Å². The first kappa shape index (κ1) is 14.2. The Labute approximate surface area is 120 Å². The van der Waals surface area contributed by atoms with E-state index in [0.717, 1.165) is 5.56 Å². The lowest BCUT2D eigenvalue weighted by atomic mass is 9.97. The Bertz CT molecular complexity index is 519. The minimum atomic E-state index is -0.866. The van der Waals surface area contributed by atoms with Gasteiger partial charge in [0, 0.05) is 19.5 Å². The molecule has 0 aromatic heterocycles. The molecule has 2 rings (SSSR count). The zero-order chi connectivity index (χ0) is 14.0. The molecular weight excluding hydrogens is 289 g/mol. The molecule has 1 unspecified atom stereocenters. The Morgan fingerprint density at radius 1 is 1.42 bits per heavy atom. The van der Waals surface area contributed by atoms with Crippen LogP contribution in [0.3, 0.4) is 0 Å². The van der Waals surface area contributed by atoms with Crippen molar-refractivity contribution in [2.75, 3.05) is 6.54 Å². The fourth-order valence-electron chi connectivity index (χ4n) is 2.15. The Morgan fingerprint density at radius 3 is 2.84 bits per heavy atom. The number of hydrogen-bond donors (Lipinski definition) is 1. The van der Waals surface area contributed by atoms with Crippen LogP contribution in [0.2, 0.25) is 10.0 Å². The molecule has 0 saturated carbocycles. The Hall–Kier alpha value is -1.26. The Morgan fingerprint density at radius 2 is 2.16 bits per heavy atom. The highest BCUT2D eigenvalue weighted by Gasteiger charge is 2.30. The second-order valence-corrected chi connectivity index (χ2v) is 5.35. The van der Waals surface area contributed by atoms with Gasteiger partial charge in [-0.05, 0) is 18.1 Å². The third-order valence-corrected chi connectivity index (χ3v) is 4.10. The number of carbonyl (C=O) groups excluding carboxylic acids is 1. The number of benzene rings is 1. The fraction of sp³-hybridized carbons (Fsp3) is 0.385. The molecule has 1 amide bonds. The summed E-state index contributed by atoms with van der Waals surface area (Å²) < 4.78 is 0. The van der Waals surface area contributed by atoms with Crippen LogP contribution in [0.1, 0.15) is 18.4 Å². The van der Waals surface area contributed by atoms with E-state index in [1.54, 1.807) is 18.2 Å². The van der Waals surface area contributed by atoms with E-state index in [-0.39, 0.29) is 18.9 Å². The molecule has 1 aliphatic rings. The van der Waals surface area contributed by atoms with E-state index in [1.807, 2.05) is 0 Å². The summed E-state index contributed by atoms with van der Waals surface area (Å²) in [6, 6.07) is 5.21. The summed E-state index contributed by atoms with van der Waals surface area (Å²) in [5, 5.41) is 9.86. The second kappa shape index (κ2) is 5.80. The summed E-state index contributed by atoms with van der Waals surface area (Å²) in [7, 11) is 0. The topological polar surface area (TPSA) is 57.6 Å². The Balaban J connectivity index is 2.14. The maximum atomic E-state index is 11.8. The predicted octanol–water partition coefficient (Wildman–Crippen LogP) is 2.82. The summed E-state index contributed by atoms with van der Waals surface area (Å²) in [4.78, 5) is 24.3. The van der Waals surface area contributed by atoms with Gasteiger partial charge in [0.25, 0.3) is 0 Å². The van der Waals surface area contributed by atoms with Crippen LogP contribution in [-0.2, 0) is 16.1 Å². The molecule has 1 aromatic carbocycles. The SMILES string of the molecule is O=C(O)C1CCC(=O)N(Cc2cccc(Cl)c2Cl)C1. The van der Waals surface area contributed by atoms with Crippen LogP contribution in [0.15, 0.2) is 18.2 Å². The van der Waals surface area contributed by atoms with Crippen LogP contribution in [0.25, 0.3) is 0 Å². The van der Waals surface area contributed by atoms with Gasteiger partial charge in [0.05, 0.1) is 16.0 Å². The van der Waals surface area contributed by atoms with E-state index in [9.17, 15) is 9.59 Å². The highest BCUT2D eigenvalue weighted by Crippen LogP contribution is 2.28. The van der Waals surface area contributed by atoms with Crippen molar-refractivity contribution in [1.29, 1.82) is 0 Å². The van der Waals surface area contributed by atoms with Crippen molar-refractivity contribution in [3.63, 3.8) is 0 Å². The van der Waals surface area contributed by atoms with Crippen LogP contribution in [0, 0.1) is 5.92 Å².